The molecule has 0 heterocycles. The maximum atomic E-state index is 11.3. The molecule has 5 nitrogen and oxygen atoms in total. The fraction of sp³-hybridized carbons (Fsp3) is 0.167. The minimum atomic E-state index is -1.02. The third-order valence-corrected chi connectivity index (χ3v) is 2.48. The summed E-state index contributed by atoms with van der Waals surface area (Å²) >= 11 is 5.85. The number of nitrogens with zero attached hydrogens (tertiary/aromatic N) is 1. The molecule has 1 rings (SSSR count). The van der Waals surface area contributed by atoms with E-state index in [2.05, 4.69) is 6.58 Å². The molecule has 0 radical (unpaired) electrons. The lowest BCUT2D eigenvalue weighted by Crippen LogP contribution is -2.31. The van der Waals surface area contributed by atoms with E-state index in [-0.39, 0.29) is 18.7 Å². The number of carboxylic acids is 1. The van der Waals surface area contributed by atoms with Crippen LogP contribution in [0.3, 0.4) is 0 Å². The Kier molecular flexibility index (Phi) is 4.74. The molecule has 0 aliphatic heterocycles. The Balaban J connectivity index is 3.23. The number of primary amides is 1. The van der Waals surface area contributed by atoms with Crippen molar-refractivity contribution in [3.05, 3.63) is 41.4 Å². The van der Waals surface area contributed by atoms with Crippen LogP contribution in [0.25, 0.3) is 0 Å². The summed E-state index contributed by atoms with van der Waals surface area (Å²) in [5.74, 6) is -1.66. The molecule has 0 aliphatic carbocycles. The van der Waals surface area contributed by atoms with Gasteiger partial charge in [0.2, 0.25) is 0 Å². The third-order valence-electron chi connectivity index (χ3n) is 2.24. The van der Waals surface area contributed by atoms with E-state index in [1.54, 1.807) is 0 Å². The highest BCUT2D eigenvalue weighted by Gasteiger charge is 2.16. The Hall–Kier alpha value is -2.01. The number of hydrogen-bond donors (Lipinski definition) is 2. The number of carboxylic acid groups (broad SMARTS) is 1. The molecule has 0 fully saturated rings. The Morgan fingerprint density at radius 1 is 1.50 bits per heavy atom. The first kappa shape index (κ1) is 14.1. The molecule has 1 aromatic rings. The van der Waals surface area contributed by atoms with Crippen molar-refractivity contribution in [2.45, 2.75) is 0 Å². The predicted molar refractivity (Wildman–Crippen MR) is 70.0 cm³/mol. The molecule has 0 bridgehead atoms. The molecular formula is C12H13ClN2O3. The minimum Gasteiger partial charge on any atom is -0.480 e. The first-order valence-electron chi connectivity index (χ1n) is 5.12. The monoisotopic (exact) mass is 268 g/mol. The first-order chi connectivity index (χ1) is 8.45. The zero-order valence-corrected chi connectivity index (χ0v) is 10.4. The Morgan fingerprint density at radius 2 is 2.17 bits per heavy atom. The molecule has 1 amide bonds. The molecule has 3 N–H and O–H groups in total. The predicted octanol–water partition coefficient (Wildman–Crippen LogP) is 1.52. The van der Waals surface area contributed by atoms with Gasteiger partial charge in [-0.2, -0.15) is 0 Å². The van der Waals surface area contributed by atoms with Crippen molar-refractivity contribution in [2.75, 3.05) is 18.0 Å². The first-order valence-corrected chi connectivity index (χ1v) is 5.50. The summed E-state index contributed by atoms with van der Waals surface area (Å²) in [6, 6.07) is 4.50. The van der Waals surface area contributed by atoms with Gasteiger partial charge in [0, 0.05) is 11.6 Å². The van der Waals surface area contributed by atoms with E-state index < -0.39 is 11.9 Å². The van der Waals surface area contributed by atoms with Gasteiger partial charge in [-0.1, -0.05) is 17.7 Å². The molecule has 1 aromatic carbocycles. The number of rotatable bonds is 6. The van der Waals surface area contributed by atoms with Crippen LogP contribution in [0.4, 0.5) is 5.69 Å². The van der Waals surface area contributed by atoms with Crippen LogP contribution >= 0.6 is 11.6 Å². The fourth-order valence-electron chi connectivity index (χ4n) is 1.54. The number of nitrogens with two attached hydrogens (primary N) is 1. The highest BCUT2D eigenvalue weighted by molar-refractivity contribution is 6.31. The fourth-order valence-corrected chi connectivity index (χ4v) is 1.71. The van der Waals surface area contributed by atoms with E-state index >= 15 is 0 Å². The van der Waals surface area contributed by atoms with Crippen molar-refractivity contribution < 1.29 is 14.7 Å². The van der Waals surface area contributed by atoms with Crippen molar-refractivity contribution in [3.63, 3.8) is 0 Å². The quantitative estimate of drug-likeness (QED) is 0.766. The summed E-state index contributed by atoms with van der Waals surface area (Å²) in [7, 11) is 0. The van der Waals surface area contributed by atoms with Crippen molar-refractivity contribution in [1.82, 2.24) is 0 Å². The molecule has 0 aromatic heterocycles. The topological polar surface area (TPSA) is 83.6 Å². The SMILES string of the molecule is C=CCN(CC(=O)O)c1cc(Cl)ccc1C(N)=O. The number of hydrogen-bond acceptors (Lipinski definition) is 3. The van der Waals surface area contributed by atoms with Crippen molar-refractivity contribution in [3.8, 4) is 0 Å². The number of anilines is 1. The van der Waals surface area contributed by atoms with Gasteiger partial charge in [-0.25, -0.2) is 0 Å². The van der Waals surface area contributed by atoms with Crippen LogP contribution in [0.2, 0.25) is 5.02 Å². The van der Waals surface area contributed by atoms with Gasteiger partial charge in [-0.05, 0) is 18.2 Å². The summed E-state index contributed by atoms with van der Waals surface area (Å²) in [6.07, 6.45) is 1.54. The number of carbonyl (C=O) groups is 2. The zero-order chi connectivity index (χ0) is 13.7. The number of carbonyl (C=O) groups excluding carboxylic acids is 1. The largest absolute Gasteiger partial charge is 0.480 e. The van der Waals surface area contributed by atoms with Crippen LogP contribution in [0.1, 0.15) is 10.4 Å². The van der Waals surface area contributed by atoms with Crippen LogP contribution in [-0.4, -0.2) is 30.1 Å². The van der Waals surface area contributed by atoms with Gasteiger partial charge >= 0.3 is 5.97 Å². The number of halogens is 1. The van der Waals surface area contributed by atoms with Gasteiger partial charge in [0.25, 0.3) is 5.91 Å². The van der Waals surface area contributed by atoms with E-state index in [0.29, 0.717) is 10.7 Å². The maximum Gasteiger partial charge on any atom is 0.323 e. The summed E-state index contributed by atoms with van der Waals surface area (Å²) < 4.78 is 0. The second kappa shape index (κ2) is 6.07. The number of amides is 1. The molecule has 96 valence electrons. The van der Waals surface area contributed by atoms with Crippen LogP contribution in [0.5, 0.6) is 0 Å². The molecule has 0 saturated heterocycles. The average molecular weight is 269 g/mol. The average Bonchev–Trinajstić information content (AvgIpc) is 2.27. The smallest absolute Gasteiger partial charge is 0.323 e. The summed E-state index contributed by atoms with van der Waals surface area (Å²) in [5.41, 5.74) is 5.86. The molecule has 0 saturated carbocycles. The van der Waals surface area contributed by atoms with Crippen molar-refractivity contribution >= 4 is 29.2 Å². The van der Waals surface area contributed by atoms with Gasteiger partial charge in [0.05, 0.1) is 11.3 Å². The van der Waals surface area contributed by atoms with Gasteiger partial charge in [0.15, 0.2) is 0 Å². The molecule has 18 heavy (non-hydrogen) atoms. The molecule has 0 unspecified atom stereocenters. The second-order valence-corrected chi connectivity index (χ2v) is 4.03. The lowest BCUT2D eigenvalue weighted by molar-refractivity contribution is -0.135. The highest BCUT2D eigenvalue weighted by Crippen LogP contribution is 2.24. The Labute approximate surface area is 109 Å². The van der Waals surface area contributed by atoms with Crippen LogP contribution in [0.15, 0.2) is 30.9 Å². The zero-order valence-electron chi connectivity index (χ0n) is 9.60. The van der Waals surface area contributed by atoms with E-state index in [4.69, 9.17) is 22.4 Å². The van der Waals surface area contributed by atoms with E-state index in [9.17, 15) is 9.59 Å². The molecular weight excluding hydrogens is 256 g/mol. The summed E-state index contributed by atoms with van der Waals surface area (Å²) in [5, 5.41) is 9.24. The molecule has 0 spiro atoms. The second-order valence-electron chi connectivity index (χ2n) is 3.59. The van der Waals surface area contributed by atoms with Gasteiger partial charge in [-0.15, -0.1) is 6.58 Å². The van der Waals surface area contributed by atoms with Crippen LogP contribution in [-0.2, 0) is 4.79 Å². The maximum absolute atomic E-state index is 11.3. The summed E-state index contributed by atoms with van der Waals surface area (Å²) in [6.45, 7) is 3.55. The van der Waals surface area contributed by atoms with Crippen LogP contribution in [0, 0.1) is 0 Å². The Morgan fingerprint density at radius 3 is 2.67 bits per heavy atom. The van der Waals surface area contributed by atoms with Crippen molar-refractivity contribution in [1.29, 1.82) is 0 Å². The van der Waals surface area contributed by atoms with Crippen molar-refractivity contribution in [2.24, 2.45) is 5.73 Å². The van der Waals surface area contributed by atoms with Gasteiger partial charge in [-0.3, -0.25) is 9.59 Å². The van der Waals surface area contributed by atoms with E-state index in [1.807, 2.05) is 0 Å². The normalized spacial score (nSPS) is 9.83. The van der Waals surface area contributed by atoms with E-state index in [1.165, 1.54) is 29.2 Å². The molecule has 0 atom stereocenters. The lowest BCUT2D eigenvalue weighted by atomic mass is 10.1. The van der Waals surface area contributed by atoms with Gasteiger partial charge in [0.1, 0.15) is 6.54 Å². The van der Waals surface area contributed by atoms with Crippen LogP contribution < -0.4 is 10.6 Å². The lowest BCUT2D eigenvalue weighted by Gasteiger charge is -2.23. The Bertz CT molecular complexity index is 488. The number of benzene rings is 1. The van der Waals surface area contributed by atoms with Gasteiger partial charge < -0.3 is 15.7 Å². The third kappa shape index (κ3) is 3.49. The van der Waals surface area contributed by atoms with E-state index in [0.717, 1.165) is 0 Å². The number of aliphatic carboxylic acids is 1. The standard InChI is InChI=1S/C12H13ClN2O3/c1-2-5-15(7-11(16)17)10-6-8(13)3-4-9(10)12(14)18/h2-4,6H,1,5,7H2,(H2,14,18)(H,16,17). The molecule has 0 aliphatic rings. The molecule has 6 heteroatoms. The minimum absolute atomic E-state index is 0.225. The summed E-state index contributed by atoms with van der Waals surface area (Å²) in [4.78, 5) is 23.6. The highest BCUT2D eigenvalue weighted by atomic mass is 35.5.